The zero-order valence-corrected chi connectivity index (χ0v) is 9.75. The molecule has 3 heteroatoms. The fourth-order valence-electron chi connectivity index (χ4n) is 2.36. The molecule has 1 aliphatic heterocycles. The fraction of sp³-hybridized carbons (Fsp3) is 1.00. The summed E-state index contributed by atoms with van der Waals surface area (Å²) in [7, 11) is 1.76. The smallest absolute Gasteiger partial charge is 0.0589 e. The van der Waals surface area contributed by atoms with Gasteiger partial charge in [-0.15, -0.1) is 0 Å². The average molecular weight is 200 g/mol. The predicted octanol–water partition coefficient (Wildman–Crippen LogP) is 0.940. The lowest BCUT2D eigenvalue weighted by molar-refractivity contribution is 0.0422. The van der Waals surface area contributed by atoms with Crippen LogP contribution in [-0.4, -0.2) is 44.8 Å². The van der Waals surface area contributed by atoms with Gasteiger partial charge in [-0.1, -0.05) is 13.8 Å². The van der Waals surface area contributed by atoms with Gasteiger partial charge in [0, 0.05) is 20.2 Å². The number of likely N-dealkylation sites (tertiary alicyclic amines) is 1. The van der Waals surface area contributed by atoms with Crippen molar-refractivity contribution in [2.24, 2.45) is 17.1 Å². The van der Waals surface area contributed by atoms with Crippen molar-refractivity contribution in [2.45, 2.75) is 20.3 Å². The topological polar surface area (TPSA) is 38.5 Å². The molecule has 0 amide bonds. The van der Waals surface area contributed by atoms with Gasteiger partial charge in [-0.05, 0) is 30.8 Å². The van der Waals surface area contributed by atoms with Crippen molar-refractivity contribution in [3.8, 4) is 0 Å². The van der Waals surface area contributed by atoms with Crippen LogP contribution in [0.5, 0.6) is 0 Å². The third-order valence-electron chi connectivity index (χ3n) is 3.43. The molecular formula is C11H24N2O. The summed E-state index contributed by atoms with van der Waals surface area (Å²) in [5.74, 6) is 0.682. The van der Waals surface area contributed by atoms with Crippen molar-refractivity contribution in [1.29, 1.82) is 0 Å². The Balaban J connectivity index is 2.41. The van der Waals surface area contributed by atoms with Crippen LogP contribution in [0.3, 0.4) is 0 Å². The largest absolute Gasteiger partial charge is 0.383 e. The highest BCUT2D eigenvalue weighted by molar-refractivity contribution is 4.87. The van der Waals surface area contributed by atoms with Gasteiger partial charge in [-0.2, -0.15) is 0 Å². The van der Waals surface area contributed by atoms with E-state index in [2.05, 4.69) is 18.7 Å². The van der Waals surface area contributed by atoms with Gasteiger partial charge in [0.25, 0.3) is 0 Å². The lowest BCUT2D eigenvalue weighted by Gasteiger charge is -2.44. The first-order valence-corrected chi connectivity index (χ1v) is 5.51. The first-order chi connectivity index (χ1) is 6.60. The SMILES string of the molecule is COCCN1CCC(CN)C(C)(C)C1. The molecule has 0 aliphatic carbocycles. The molecule has 0 aromatic rings. The van der Waals surface area contributed by atoms with Crippen LogP contribution in [0.1, 0.15) is 20.3 Å². The highest BCUT2D eigenvalue weighted by Crippen LogP contribution is 2.33. The van der Waals surface area contributed by atoms with Crippen molar-refractivity contribution >= 4 is 0 Å². The molecule has 84 valence electrons. The van der Waals surface area contributed by atoms with E-state index in [1.807, 2.05) is 0 Å². The summed E-state index contributed by atoms with van der Waals surface area (Å²) >= 11 is 0. The van der Waals surface area contributed by atoms with Gasteiger partial charge in [0.1, 0.15) is 0 Å². The predicted molar refractivity (Wildman–Crippen MR) is 59.3 cm³/mol. The second kappa shape index (κ2) is 5.10. The number of hydrogen-bond donors (Lipinski definition) is 1. The summed E-state index contributed by atoms with van der Waals surface area (Å²) in [5, 5.41) is 0. The number of piperidine rings is 1. The molecular weight excluding hydrogens is 176 g/mol. The molecule has 1 saturated heterocycles. The number of hydrogen-bond acceptors (Lipinski definition) is 3. The normalized spacial score (nSPS) is 27.9. The summed E-state index contributed by atoms with van der Waals surface area (Å²) in [6.07, 6.45) is 1.23. The van der Waals surface area contributed by atoms with Gasteiger partial charge in [-0.25, -0.2) is 0 Å². The van der Waals surface area contributed by atoms with Crippen LogP contribution in [0.4, 0.5) is 0 Å². The number of nitrogens with zero attached hydrogens (tertiary/aromatic N) is 1. The van der Waals surface area contributed by atoms with E-state index in [-0.39, 0.29) is 0 Å². The molecule has 1 fully saturated rings. The molecule has 1 aliphatic rings. The Bertz CT molecular complexity index is 171. The Labute approximate surface area is 87.6 Å². The van der Waals surface area contributed by atoms with E-state index in [4.69, 9.17) is 10.5 Å². The van der Waals surface area contributed by atoms with Crippen molar-refractivity contribution in [3.05, 3.63) is 0 Å². The Morgan fingerprint density at radius 2 is 2.21 bits per heavy atom. The van der Waals surface area contributed by atoms with Gasteiger partial charge < -0.3 is 15.4 Å². The number of nitrogens with two attached hydrogens (primary N) is 1. The second-order valence-corrected chi connectivity index (χ2v) is 4.98. The van der Waals surface area contributed by atoms with Gasteiger partial charge in [0.2, 0.25) is 0 Å². The van der Waals surface area contributed by atoms with E-state index >= 15 is 0 Å². The first kappa shape index (κ1) is 12.0. The molecule has 0 aromatic carbocycles. The highest BCUT2D eigenvalue weighted by atomic mass is 16.5. The molecule has 0 aromatic heterocycles. The van der Waals surface area contributed by atoms with Crippen LogP contribution >= 0.6 is 0 Å². The zero-order chi connectivity index (χ0) is 10.6. The highest BCUT2D eigenvalue weighted by Gasteiger charge is 2.34. The molecule has 0 bridgehead atoms. The van der Waals surface area contributed by atoms with E-state index in [9.17, 15) is 0 Å². The van der Waals surface area contributed by atoms with Gasteiger partial charge >= 0.3 is 0 Å². The maximum Gasteiger partial charge on any atom is 0.0589 e. The van der Waals surface area contributed by atoms with E-state index < -0.39 is 0 Å². The molecule has 2 N–H and O–H groups in total. The minimum Gasteiger partial charge on any atom is -0.383 e. The number of rotatable bonds is 4. The second-order valence-electron chi connectivity index (χ2n) is 4.98. The number of methoxy groups -OCH3 is 1. The average Bonchev–Trinajstić information content (AvgIpc) is 2.13. The van der Waals surface area contributed by atoms with Gasteiger partial charge in [0.15, 0.2) is 0 Å². The van der Waals surface area contributed by atoms with Crippen LogP contribution in [0, 0.1) is 11.3 Å². The monoisotopic (exact) mass is 200 g/mol. The quantitative estimate of drug-likeness (QED) is 0.734. The maximum atomic E-state index is 5.78. The van der Waals surface area contributed by atoms with Crippen LogP contribution in [0.15, 0.2) is 0 Å². The summed E-state index contributed by atoms with van der Waals surface area (Å²) in [4.78, 5) is 2.48. The molecule has 1 heterocycles. The van der Waals surface area contributed by atoms with Crippen molar-refractivity contribution in [3.63, 3.8) is 0 Å². The van der Waals surface area contributed by atoms with E-state index in [0.29, 0.717) is 11.3 Å². The molecule has 0 saturated carbocycles. The maximum absolute atomic E-state index is 5.78. The van der Waals surface area contributed by atoms with E-state index in [1.54, 1.807) is 7.11 Å². The Morgan fingerprint density at radius 1 is 1.50 bits per heavy atom. The zero-order valence-electron chi connectivity index (χ0n) is 9.75. The standard InChI is InChI=1S/C11H24N2O/c1-11(2)9-13(6-7-14-3)5-4-10(11)8-12/h10H,4-9,12H2,1-3H3. The summed E-state index contributed by atoms with van der Waals surface area (Å²) < 4.78 is 5.10. The van der Waals surface area contributed by atoms with Crippen LogP contribution < -0.4 is 5.73 Å². The third-order valence-corrected chi connectivity index (χ3v) is 3.43. The lowest BCUT2D eigenvalue weighted by atomic mass is 9.74. The number of ether oxygens (including phenoxy) is 1. The van der Waals surface area contributed by atoms with Crippen molar-refractivity contribution in [1.82, 2.24) is 4.90 Å². The van der Waals surface area contributed by atoms with E-state index in [1.165, 1.54) is 13.0 Å². The molecule has 1 atom stereocenters. The molecule has 1 unspecified atom stereocenters. The Kier molecular flexibility index (Phi) is 4.35. The third kappa shape index (κ3) is 2.94. The van der Waals surface area contributed by atoms with Crippen molar-refractivity contribution < 1.29 is 4.74 Å². The minimum atomic E-state index is 0.362. The Morgan fingerprint density at radius 3 is 2.71 bits per heavy atom. The van der Waals surface area contributed by atoms with Gasteiger partial charge in [-0.3, -0.25) is 0 Å². The summed E-state index contributed by atoms with van der Waals surface area (Å²) in [6.45, 7) is 9.69. The lowest BCUT2D eigenvalue weighted by Crippen LogP contribution is -2.48. The summed E-state index contributed by atoms with van der Waals surface area (Å²) in [5.41, 5.74) is 6.14. The Hall–Kier alpha value is -0.120. The summed E-state index contributed by atoms with van der Waals surface area (Å²) in [6, 6.07) is 0. The van der Waals surface area contributed by atoms with Crippen molar-refractivity contribution in [2.75, 3.05) is 39.9 Å². The fourth-order valence-corrected chi connectivity index (χ4v) is 2.36. The minimum absolute atomic E-state index is 0.362. The first-order valence-electron chi connectivity index (χ1n) is 5.51. The van der Waals surface area contributed by atoms with E-state index in [0.717, 1.165) is 26.2 Å². The molecule has 14 heavy (non-hydrogen) atoms. The molecule has 3 nitrogen and oxygen atoms in total. The van der Waals surface area contributed by atoms with Crippen LogP contribution in [-0.2, 0) is 4.74 Å². The van der Waals surface area contributed by atoms with Crippen LogP contribution in [0.2, 0.25) is 0 Å². The molecule has 0 spiro atoms. The molecule has 0 radical (unpaired) electrons. The van der Waals surface area contributed by atoms with Gasteiger partial charge in [0.05, 0.1) is 6.61 Å². The van der Waals surface area contributed by atoms with Crippen LogP contribution in [0.25, 0.3) is 0 Å². The molecule has 1 rings (SSSR count).